The predicted octanol–water partition coefficient (Wildman–Crippen LogP) is 11.8. The van der Waals surface area contributed by atoms with E-state index >= 15 is 0 Å². The molecule has 0 atom stereocenters. The minimum absolute atomic E-state index is 0.0634. The summed E-state index contributed by atoms with van der Waals surface area (Å²) in [4.78, 5) is 0. The van der Waals surface area contributed by atoms with E-state index in [0.717, 1.165) is 6.42 Å². The topological polar surface area (TPSA) is 9.86 Å². The lowest BCUT2D eigenvalue weighted by Crippen LogP contribution is -2.14. The standard InChI is InChI=1S/C46H32N2/c1-46(2)39-18-10-8-16-33(39)35-26-37-36-25-30(20-22-42(36)47(44(37)27-40(35)46)29-13-4-3-5-14-29)48-41-19-11-9-17-34(41)45-38-24-28-12-6-7-15-31(28)32(38)21-23-43(45)48/h3-23,25-27H,24H2,1-2H3. The monoisotopic (exact) mass is 612 g/mol. The van der Waals surface area contributed by atoms with Crippen LogP contribution < -0.4 is 0 Å². The van der Waals surface area contributed by atoms with Gasteiger partial charge >= 0.3 is 0 Å². The molecule has 11 rings (SSSR count). The maximum Gasteiger partial charge on any atom is 0.0544 e. The van der Waals surface area contributed by atoms with Crippen molar-refractivity contribution in [2.24, 2.45) is 0 Å². The molecular formula is C46H32N2. The first-order valence-corrected chi connectivity index (χ1v) is 17.0. The van der Waals surface area contributed by atoms with Crippen molar-refractivity contribution in [1.82, 2.24) is 9.13 Å². The van der Waals surface area contributed by atoms with Crippen molar-refractivity contribution in [2.75, 3.05) is 0 Å². The van der Waals surface area contributed by atoms with E-state index in [0.29, 0.717) is 0 Å². The molecule has 9 aromatic rings. The maximum absolute atomic E-state index is 2.49. The molecule has 0 spiro atoms. The van der Waals surface area contributed by atoms with Crippen LogP contribution >= 0.6 is 0 Å². The highest BCUT2D eigenvalue weighted by atomic mass is 15.0. The molecule has 0 radical (unpaired) electrons. The molecule has 7 aromatic carbocycles. The molecule has 2 aliphatic carbocycles. The number of hydrogen-bond donors (Lipinski definition) is 0. The fourth-order valence-electron chi connectivity index (χ4n) is 9.17. The third-order valence-electron chi connectivity index (χ3n) is 11.3. The average Bonchev–Trinajstić information content (AvgIpc) is 3.83. The molecule has 0 fully saturated rings. The summed E-state index contributed by atoms with van der Waals surface area (Å²) >= 11 is 0. The molecule has 48 heavy (non-hydrogen) atoms. The second-order valence-electron chi connectivity index (χ2n) is 14.1. The lowest BCUT2D eigenvalue weighted by molar-refractivity contribution is 0.661. The predicted molar refractivity (Wildman–Crippen MR) is 201 cm³/mol. The van der Waals surface area contributed by atoms with Gasteiger partial charge in [0.1, 0.15) is 0 Å². The highest BCUT2D eigenvalue weighted by Crippen LogP contribution is 2.51. The molecule has 226 valence electrons. The van der Waals surface area contributed by atoms with Gasteiger partial charge in [0, 0.05) is 38.3 Å². The molecule has 2 aliphatic rings. The molecular weight excluding hydrogens is 581 g/mol. The number of aromatic nitrogens is 2. The molecule has 0 amide bonds. The van der Waals surface area contributed by atoms with E-state index in [9.17, 15) is 0 Å². The van der Waals surface area contributed by atoms with Crippen LogP contribution in [0.5, 0.6) is 0 Å². The Morgan fingerprint density at radius 3 is 2.02 bits per heavy atom. The number of rotatable bonds is 2. The van der Waals surface area contributed by atoms with Gasteiger partial charge in [0.15, 0.2) is 0 Å². The average molecular weight is 613 g/mol. The normalized spacial score (nSPS) is 14.1. The van der Waals surface area contributed by atoms with E-state index in [1.54, 1.807) is 0 Å². The van der Waals surface area contributed by atoms with Crippen molar-refractivity contribution in [3.05, 3.63) is 168 Å². The summed E-state index contributed by atoms with van der Waals surface area (Å²) in [5, 5.41) is 5.26. The Morgan fingerprint density at radius 2 is 1.12 bits per heavy atom. The van der Waals surface area contributed by atoms with Crippen LogP contribution in [0.25, 0.3) is 77.2 Å². The van der Waals surface area contributed by atoms with Gasteiger partial charge < -0.3 is 9.13 Å². The van der Waals surface area contributed by atoms with Gasteiger partial charge in [-0.3, -0.25) is 0 Å². The highest BCUT2D eigenvalue weighted by molar-refractivity contribution is 6.15. The molecule has 0 saturated carbocycles. The molecule has 0 aliphatic heterocycles. The van der Waals surface area contributed by atoms with Crippen LogP contribution in [-0.2, 0) is 11.8 Å². The van der Waals surface area contributed by atoms with Crippen molar-refractivity contribution < 1.29 is 0 Å². The molecule has 0 unspecified atom stereocenters. The first-order valence-electron chi connectivity index (χ1n) is 17.0. The Bertz CT molecular complexity index is 2830. The quantitative estimate of drug-likeness (QED) is 0.184. The SMILES string of the molecule is CC1(C)c2ccccc2-c2cc3c4cc(-n5c6ccccc6c6c7c(ccc65)-c5ccccc5C7)ccc4n(-c4ccccc4)c3cc21. The van der Waals surface area contributed by atoms with E-state index in [-0.39, 0.29) is 5.41 Å². The minimum Gasteiger partial charge on any atom is -0.309 e. The molecule has 2 heterocycles. The van der Waals surface area contributed by atoms with E-state index in [1.165, 1.54) is 99.5 Å². The van der Waals surface area contributed by atoms with Gasteiger partial charge in [0.2, 0.25) is 0 Å². The van der Waals surface area contributed by atoms with Gasteiger partial charge in [0.05, 0.1) is 22.1 Å². The maximum atomic E-state index is 2.49. The van der Waals surface area contributed by atoms with Crippen LogP contribution in [0.2, 0.25) is 0 Å². The zero-order chi connectivity index (χ0) is 31.7. The summed E-state index contributed by atoms with van der Waals surface area (Å²) in [6, 6.07) is 54.4. The lowest BCUT2D eigenvalue weighted by atomic mass is 9.82. The third-order valence-corrected chi connectivity index (χ3v) is 11.3. The Kier molecular flexibility index (Phi) is 5.00. The van der Waals surface area contributed by atoms with E-state index in [1.807, 2.05) is 0 Å². The zero-order valence-electron chi connectivity index (χ0n) is 27.0. The van der Waals surface area contributed by atoms with Gasteiger partial charge in [-0.15, -0.1) is 0 Å². The third kappa shape index (κ3) is 3.27. The van der Waals surface area contributed by atoms with E-state index in [4.69, 9.17) is 0 Å². The van der Waals surface area contributed by atoms with Gasteiger partial charge in [-0.05, 0) is 106 Å². The zero-order valence-corrected chi connectivity index (χ0v) is 27.0. The van der Waals surface area contributed by atoms with Crippen molar-refractivity contribution >= 4 is 43.6 Å². The Hall–Kier alpha value is -5.86. The number of para-hydroxylation sites is 2. The number of benzene rings is 7. The fourth-order valence-corrected chi connectivity index (χ4v) is 9.17. The molecule has 0 N–H and O–H groups in total. The number of fused-ring (bicyclic) bond motifs is 13. The Labute approximate surface area is 279 Å². The molecule has 0 bridgehead atoms. The van der Waals surface area contributed by atoms with E-state index < -0.39 is 0 Å². The largest absolute Gasteiger partial charge is 0.309 e. The Balaban J connectivity index is 1.22. The molecule has 2 aromatic heterocycles. The van der Waals surface area contributed by atoms with Gasteiger partial charge in [-0.1, -0.05) is 105 Å². The van der Waals surface area contributed by atoms with Crippen LogP contribution in [0, 0.1) is 0 Å². The smallest absolute Gasteiger partial charge is 0.0544 e. The molecule has 2 heteroatoms. The second kappa shape index (κ2) is 9.14. The van der Waals surface area contributed by atoms with Crippen molar-refractivity contribution in [3.8, 4) is 33.6 Å². The van der Waals surface area contributed by atoms with Crippen LogP contribution in [-0.4, -0.2) is 9.13 Å². The molecule has 0 saturated heterocycles. The van der Waals surface area contributed by atoms with Gasteiger partial charge in [-0.2, -0.15) is 0 Å². The summed E-state index contributed by atoms with van der Waals surface area (Å²) in [5.41, 5.74) is 18.4. The van der Waals surface area contributed by atoms with Crippen molar-refractivity contribution in [1.29, 1.82) is 0 Å². The highest BCUT2D eigenvalue weighted by Gasteiger charge is 2.36. The lowest BCUT2D eigenvalue weighted by Gasteiger charge is -2.21. The van der Waals surface area contributed by atoms with Crippen LogP contribution in [0.4, 0.5) is 0 Å². The van der Waals surface area contributed by atoms with Crippen molar-refractivity contribution in [2.45, 2.75) is 25.7 Å². The summed E-state index contributed by atoms with van der Waals surface area (Å²) < 4.78 is 4.95. The van der Waals surface area contributed by atoms with E-state index in [2.05, 4.69) is 169 Å². The second-order valence-corrected chi connectivity index (χ2v) is 14.1. The first-order chi connectivity index (χ1) is 23.6. The van der Waals surface area contributed by atoms with Crippen molar-refractivity contribution in [3.63, 3.8) is 0 Å². The van der Waals surface area contributed by atoms with Crippen LogP contribution in [0.15, 0.2) is 146 Å². The fraction of sp³-hybridized carbons (Fsp3) is 0.0870. The van der Waals surface area contributed by atoms with Gasteiger partial charge in [-0.25, -0.2) is 0 Å². The summed E-state index contributed by atoms with van der Waals surface area (Å²) in [6.07, 6.45) is 0.976. The number of hydrogen-bond acceptors (Lipinski definition) is 0. The minimum atomic E-state index is -0.0634. The Morgan fingerprint density at radius 1 is 0.438 bits per heavy atom. The number of nitrogens with zero attached hydrogens (tertiary/aromatic N) is 2. The summed E-state index contributed by atoms with van der Waals surface area (Å²) in [6.45, 7) is 4.74. The molecule has 2 nitrogen and oxygen atoms in total. The van der Waals surface area contributed by atoms with Gasteiger partial charge in [0.25, 0.3) is 0 Å². The van der Waals surface area contributed by atoms with Crippen LogP contribution in [0.3, 0.4) is 0 Å². The first kappa shape index (κ1) is 26.2. The summed E-state index contributed by atoms with van der Waals surface area (Å²) in [5.74, 6) is 0. The van der Waals surface area contributed by atoms with Crippen LogP contribution in [0.1, 0.15) is 36.1 Å². The summed E-state index contributed by atoms with van der Waals surface area (Å²) in [7, 11) is 0.